The van der Waals surface area contributed by atoms with Crippen LogP contribution in [0.15, 0.2) is 63.2 Å². The first-order chi connectivity index (χ1) is 18.4. The average molecular weight is 596 g/mol. The average Bonchev–Trinajstić information content (AvgIpc) is 3.32. The number of fused-ring (bicyclic) bond motifs is 3. The molecular formula is C28H27BrN4O4S. The second-order valence-electron chi connectivity index (χ2n) is 9.08. The van der Waals surface area contributed by atoms with Crippen LogP contribution < -0.4 is 20.5 Å². The summed E-state index contributed by atoms with van der Waals surface area (Å²) in [5, 5.41) is 4.75. The fourth-order valence-corrected chi connectivity index (χ4v) is 5.93. The van der Waals surface area contributed by atoms with Crippen LogP contribution in [0.3, 0.4) is 0 Å². The minimum atomic E-state index is -0.764. The molecule has 0 radical (unpaired) electrons. The van der Waals surface area contributed by atoms with Crippen LogP contribution in [0.5, 0.6) is 11.5 Å². The molecule has 10 heteroatoms. The van der Waals surface area contributed by atoms with E-state index in [1.54, 1.807) is 37.5 Å². The number of aromatic nitrogens is 2. The van der Waals surface area contributed by atoms with Crippen molar-refractivity contribution in [3.8, 4) is 11.5 Å². The third-order valence-corrected chi connectivity index (χ3v) is 8.31. The molecular weight excluding hydrogens is 568 g/mol. The van der Waals surface area contributed by atoms with Crippen molar-refractivity contribution < 1.29 is 14.3 Å². The van der Waals surface area contributed by atoms with Gasteiger partial charge in [-0.25, -0.2) is 10.4 Å². The number of nitrogens with one attached hydrogen (secondary N) is 1. The van der Waals surface area contributed by atoms with Crippen molar-refractivity contribution in [2.24, 2.45) is 5.10 Å². The molecule has 196 valence electrons. The first-order valence-corrected chi connectivity index (χ1v) is 13.9. The number of halogens is 1. The van der Waals surface area contributed by atoms with Crippen LogP contribution in [0.1, 0.15) is 47.4 Å². The number of rotatable bonds is 8. The second-order valence-corrected chi connectivity index (χ2v) is 11.1. The quantitative estimate of drug-likeness (QED) is 0.218. The molecule has 1 aliphatic carbocycles. The number of hydrogen-bond acceptors (Lipinski definition) is 7. The molecule has 5 rings (SSSR count). The van der Waals surface area contributed by atoms with Gasteiger partial charge in [0.25, 0.3) is 11.5 Å². The van der Waals surface area contributed by atoms with E-state index < -0.39 is 11.9 Å². The Balaban J connectivity index is 1.25. The molecule has 0 spiro atoms. The summed E-state index contributed by atoms with van der Waals surface area (Å²) in [4.78, 5) is 32.5. The van der Waals surface area contributed by atoms with Crippen molar-refractivity contribution in [1.29, 1.82) is 0 Å². The number of hydrogen-bond donors (Lipinski definition) is 1. The molecule has 4 aromatic rings. The standard InChI is InChI=1S/C28H27BrN4O4S/c1-17(33-16-30-27-25(28(33)35)21-5-3-4-6-24(21)38-27)26(34)32-31-14-19-9-12-22(23(13-19)36-2)37-15-18-7-10-20(29)11-8-18/h7-14,16-17H,3-6,15H2,1-2H3,(H,32,34). The number of carbonyl (C=O) groups excluding carboxylic acids is 1. The molecule has 1 atom stereocenters. The molecule has 0 saturated carbocycles. The summed E-state index contributed by atoms with van der Waals surface area (Å²) in [5.41, 5.74) is 5.21. The van der Waals surface area contributed by atoms with Crippen LogP contribution in [0.2, 0.25) is 0 Å². The van der Waals surface area contributed by atoms with E-state index in [0.29, 0.717) is 23.5 Å². The van der Waals surface area contributed by atoms with Gasteiger partial charge in [0.15, 0.2) is 11.5 Å². The molecule has 38 heavy (non-hydrogen) atoms. The van der Waals surface area contributed by atoms with Crippen molar-refractivity contribution in [3.05, 3.63) is 85.2 Å². The Hall–Kier alpha value is -3.50. The zero-order valence-electron chi connectivity index (χ0n) is 21.1. The highest BCUT2D eigenvalue weighted by molar-refractivity contribution is 9.10. The van der Waals surface area contributed by atoms with Gasteiger partial charge in [-0.15, -0.1) is 11.3 Å². The summed E-state index contributed by atoms with van der Waals surface area (Å²) >= 11 is 5.02. The molecule has 2 aromatic carbocycles. The molecule has 0 fully saturated rings. The summed E-state index contributed by atoms with van der Waals surface area (Å²) in [7, 11) is 1.57. The Morgan fingerprint density at radius 2 is 2.00 bits per heavy atom. The van der Waals surface area contributed by atoms with Crippen LogP contribution in [0.4, 0.5) is 0 Å². The number of aryl methyl sites for hydroxylation is 2. The van der Waals surface area contributed by atoms with E-state index in [2.05, 4.69) is 31.4 Å². The molecule has 1 amide bonds. The zero-order valence-corrected chi connectivity index (χ0v) is 23.5. The lowest BCUT2D eigenvalue weighted by Gasteiger charge is -2.14. The predicted octanol–water partition coefficient (Wildman–Crippen LogP) is 5.40. The normalized spacial score (nSPS) is 13.9. The Kier molecular flexibility index (Phi) is 7.90. The highest BCUT2D eigenvalue weighted by Crippen LogP contribution is 2.33. The predicted molar refractivity (Wildman–Crippen MR) is 152 cm³/mol. The van der Waals surface area contributed by atoms with Crippen molar-refractivity contribution in [2.45, 2.75) is 45.3 Å². The van der Waals surface area contributed by atoms with Gasteiger partial charge in [0, 0.05) is 9.35 Å². The van der Waals surface area contributed by atoms with Crippen molar-refractivity contribution in [3.63, 3.8) is 0 Å². The smallest absolute Gasteiger partial charge is 0.263 e. The Morgan fingerprint density at radius 1 is 1.21 bits per heavy atom. The molecule has 2 heterocycles. The van der Waals surface area contributed by atoms with Gasteiger partial charge in [0.05, 0.1) is 25.0 Å². The van der Waals surface area contributed by atoms with Gasteiger partial charge in [-0.3, -0.25) is 14.2 Å². The number of thiophene rings is 1. The van der Waals surface area contributed by atoms with Gasteiger partial charge in [-0.1, -0.05) is 28.1 Å². The first-order valence-electron chi connectivity index (χ1n) is 12.3. The van der Waals surface area contributed by atoms with E-state index in [1.165, 1.54) is 22.0 Å². The van der Waals surface area contributed by atoms with E-state index in [0.717, 1.165) is 51.7 Å². The number of ether oxygens (including phenoxy) is 2. The van der Waals surface area contributed by atoms with E-state index >= 15 is 0 Å². The highest BCUT2D eigenvalue weighted by atomic mass is 79.9. The summed E-state index contributed by atoms with van der Waals surface area (Å²) in [6.07, 6.45) is 7.06. The lowest BCUT2D eigenvalue weighted by molar-refractivity contribution is -0.123. The number of nitrogens with zero attached hydrogens (tertiary/aromatic N) is 3. The third-order valence-electron chi connectivity index (χ3n) is 6.58. The monoisotopic (exact) mass is 594 g/mol. The molecule has 0 aliphatic heterocycles. The minimum absolute atomic E-state index is 0.176. The Labute approximate surface area is 232 Å². The summed E-state index contributed by atoms with van der Waals surface area (Å²) in [6.45, 7) is 2.07. The number of methoxy groups -OCH3 is 1. The van der Waals surface area contributed by atoms with Gasteiger partial charge < -0.3 is 9.47 Å². The van der Waals surface area contributed by atoms with E-state index in [-0.39, 0.29) is 5.56 Å². The van der Waals surface area contributed by atoms with Crippen molar-refractivity contribution in [1.82, 2.24) is 15.0 Å². The third kappa shape index (κ3) is 5.51. The molecule has 0 bridgehead atoms. The molecule has 8 nitrogen and oxygen atoms in total. The van der Waals surface area contributed by atoms with Crippen LogP contribution in [-0.2, 0) is 24.2 Å². The molecule has 1 aliphatic rings. The maximum atomic E-state index is 13.2. The maximum absolute atomic E-state index is 13.2. The van der Waals surface area contributed by atoms with Gasteiger partial charge in [0.2, 0.25) is 0 Å². The van der Waals surface area contributed by atoms with Gasteiger partial charge in [-0.2, -0.15) is 5.10 Å². The number of amides is 1. The van der Waals surface area contributed by atoms with E-state index in [1.807, 2.05) is 30.3 Å². The van der Waals surface area contributed by atoms with Crippen LogP contribution in [-0.4, -0.2) is 28.8 Å². The highest BCUT2D eigenvalue weighted by Gasteiger charge is 2.23. The molecule has 2 aromatic heterocycles. The molecule has 1 unspecified atom stereocenters. The van der Waals surface area contributed by atoms with Crippen molar-refractivity contribution in [2.75, 3.05) is 7.11 Å². The number of benzene rings is 2. The minimum Gasteiger partial charge on any atom is -0.493 e. The van der Waals surface area contributed by atoms with Gasteiger partial charge >= 0.3 is 0 Å². The second kappa shape index (κ2) is 11.5. The van der Waals surface area contributed by atoms with Gasteiger partial charge in [0.1, 0.15) is 17.5 Å². The SMILES string of the molecule is COc1cc(C=NNC(=O)C(C)n2cnc3sc4c(c3c2=O)CCCC4)ccc1OCc1ccc(Br)cc1. The number of carbonyl (C=O) groups is 1. The van der Waals surface area contributed by atoms with Crippen LogP contribution >= 0.6 is 27.3 Å². The summed E-state index contributed by atoms with van der Waals surface area (Å²) in [6, 6.07) is 12.5. The van der Waals surface area contributed by atoms with Crippen LogP contribution in [0, 0.1) is 0 Å². The fraction of sp³-hybridized carbons (Fsp3) is 0.286. The summed E-state index contributed by atoms with van der Waals surface area (Å²) in [5.74, 6) is 0.744. The van der Waals surface area contributed by atoms with Crippen LogP contribution in [0.25, 0.3) is 10.2 Å². The largest absolute Gasteiger partial charge is 0.493 e. The summed E-state index contributed by atoms with van der Waals surface area (Å²) < 4.78 is 13.8. The lowest BCUT2D eigenvalue weighted by Crippen LogP contribution is -2.34. The Bertz CT molecular complexity index is 1560. The fourth-order valence-electron chi connectivity index (χ4n) is 4.45. The lowest BCUT2D eigenvalue weighted by atomic mass is 9.97. The van der Waals surface area contributed by atoms with E-state index in [4.69, 9.17) is 9.47 Å². The number of hydrazone groups is 1. The first kappa shape index (κ1) is 26.1. The molecule has 0 saturated heterocycles. The topological polar surface area (TPSA) is 94.8 Å². The van der Waals surface area contributed by atoms with Gasteiger partial charge in [-0.05, 0) is 79.6 Å². The molecule has 1 N–H and O–H groups in total. The van der Waals surface area contributed by atoms with E-state index in [9.17, 15) is 9.59 Å². The zero-order chi connectivity index (χ0) is 26.6. The Morgan fingerprint density at radius 3 is 2.79 bits per heavy atom. The van der Waals surface area contributed by atoms with Crippen molar-refractivity contribution >= 4 is 49.6 Å². The maximum Gasteiger partial charge on any atom is 0.263 e.